The minimum absolute atomic E-state index is 0.0445. The second-order valence-corrected chi connectivity index (χ2v) is 6.24. The largest absolute Gasteiger partial charge is 0.386 e. The van der Waals surface area contributed by atoms with Crippen molar-refractivity contribution < 1.29 is 9.90 Å². The predicted molar refractivity (Wildman–Crippen MR) is 95.7 cm³/mol. The van der Waals surface area contributed by atoms with Crippen LogP contribution < -0.4 is 0 Å². The van der Waals surface area contributed by atoms with Gasteiger partial charge in [-0.05, 0) is 43.0 Å². The molecular weight excluding hydrogens is 300 g/mol. The van der Waals surface area contributed by atoms with Crippen LogP contribution in [0.15, 0.2) is 42.7 Å². The normalized spacial score (nSPS) is 12.0. The lowest BCUT2D eigenvalue weighted by Gasteiger charge is -2.25. The molecular formula is C20H26N2O2. The Bertz CT molecular complexity index is 671. The zero-order valence-corrected chi connectivity index (χ0v) is 14.7. The fraction of sp³-hybridized carbons (Fsp3) is 0.400. The van der Waals surface area contributed by atoms with Crippen molar-refractivity contribution >= 4 is 5.91 Å². The van der Waals surface area contributed by atoms with Crippen LogP contribution in [0.25, 0.3) is 0 Å². The zero-order chi connectivity index (χ0) is 17.5. The second-order valence-electron chi connectivity index (χ2n) is 6.24. The van der Waals surface area contributed by atoms with E-state index in [4.69, 9.17) is 0 Å². The maximum Gasteiger partial charge on any atom is 0.227 e. The van der Waals surface area contributed by atoms with Crippen molar-refractivity contribution in [1.29, 1.82) is 0 Å². The summed E-state index contributed by atoms with van der Waals surface area (Å²) in [5, 5.41) is 10.4. The van der Waals surface area contributed by atoms with Crippen molar-refractivity contribution in [2.24, 2.45) is 0 Å². The molecule has 0 fully saturated rings. The summed E-state index contributed by atoms with van der Waals surface area (Å²) in [7, 11) is 0. The van der Waals surface area contributed by atoms with Crippen LogP contribution in [-0.2, 0) is 11.2 Å². The molecule has 0 radical (unpaired) electrons. The number of aliphatic hydroxyl groups excluding tert-OH is 1. The Morgan fingerprint density at radius 3 is 2.67 bits per heavy atom. The minimum Gasteiger partial charge on any atom is -0.386 e. The summed E-state index contributed by atoms with van der Waals surface area (Å²) in [6.45, 7) is 7.09. The van der Waals surface area contributed by atoms with E-state index >= 15 is 0 Å². The standard InChI is InChI=1S/C20H26N2O2/c1-4-10-22(14-19(23)18-6-5-9-21-13-18)20(24)12-17-8-7-15(2)16(3)11-17/h5-9,11,13,19,23H,4,10,12,14H2,1-3H3/t19-/m1/s1. The maximum absolute atomic E-state index is 12.7. The van der Waals surface area contributed by atoms with Gasteiger partial charge >= 0.3 is 0 Å². The Hall–Kier alpha value is -2.20. The topological polar surface area (TPSA) is 53.4 Å². The number of benzene rings is 1. The fourth-order valence-corrected chi connectivity index (χ4v) is 2.67. The lowest BCUT2D eigenvalue weighted by molar-refractivity contribution is -0.132. The lowest BCUT2D eigenvalue weighted by Crippen LogP contribution is -2.36. The highest BCUT2D eigenvalue weighted by Gasteiger charge is 2.18. The molecule has 24 heavy (non-hydrogen) atoms. The van der Waals surface area contributed by atoms with Gasteiger partial charge in [0.15, 0.2) is 0 Å². The van der Waals surface area contributed by atoms with Crippen LogP contribution >= 0.6 is 0 Å². The van der Waals surface area contributed by atoms with Crippen LogP contribution in [-0.4, -0.2) is 34.0 Å². The van der Waals surface area contributed by atoms with Crippen LogP contribution in [0, 0.1) is 13.8 Å². The molecule has 0 aliphatic rings. The van der Waals surface area contributed by atoms with Crippen LogP contribution in [0.4, 0.5) is 0 Å². The molecule has 128 valence electrons. The molecule has 1 amide bonds. The molecule has 0 spiro atoms. The molecule has 1 N–H and O–H groups in total. The number of carbonyl (C=O) groups excluding carboxylic acids is 1. The first-order valence-electron chi connectivity index (χ1n) is 8.43. The van der Waals surface area contributed by atoms with Gasteiger partial charge in [0.1, 0.15) is 0 Å². The quantitative estimate of drug-likeness (QED) is 0.850. The van der Waals surface area contributed by atoms with E-state index in [1.54, 1.807) is 23.4 Å². The summed E-state index contributed by atoms with van der Waals surface area (Å²) in [6, 6.07) is 9.73. The van der Waals surface area contributed by atoms with Gasteiger partial charge in [-0.15, -0.1) is 0 Å². The van der Waals surface area contributed by atoms with E-state index in [2.05, 4.69) is 24.9 Å². The van der Waals surface area contributed by atoms with E-state index in [9.17, 15) is 9.90 Å². The van der Waals surface area contributed by atoms with Crippen molar-refractivity contribution in [3.63, 3.8) is 0 Å². The van der Waals surface area contributed by atoms with E-state index in [0.29, 0.717) is 19.5 Å². The van der Waals surface area contributed by atoms with Crippen LogP contribution in [0.2, 0.25) is 0 Å². The van der Waals surface area contributed by atoms with E-state index in [-0.39, 0.29) is 5.91 Å². The average Bonchev–Trinajstić information content (AvgIpc) is 2.58. The monoisotopic (exact) mass is 326 g/mol. The van der Waals surface area contributed by atoms with Gasteiger partial charge in [-0.3, -0.25) is 9.78 Å². The van der Waals surface area contributed by atoms with Crippen molar-refractivity contribution in [3.8, 4) is 0 Å². The zero-order valence-electron chi connectivity index (χ0n) is 14.7. The summed E-state index contributed by atoms with van der Waals surface area (Å²) in [6.07, 6.45) is 3.82. The number of rotatable bonds is 7. The molecule has 0 saturated heterocycles. The van der Waals surface area contributed by atoms with Gasteiger partial charge in [0, 0.05) is 24.5 Å². The number of amides is 1. The highest BCUT2D eigenvalue weighted by molar-refractivity contribution is 5.79. The molecule has 1 heterocycles. The SMILES string of the molecule is CCCN(C[C@@H](O)c1cccnc1)C(=O)Cc1ccc(C)c(C)c1. The molecule has 4 heteroatoms. The second kappa shape index (κ2) is 8.60. The van der Waals surface area contributed by atoms with E-state index in [0.717, 1.165) is 17.5 Å². The molecule has 1 aromatic heterocycles. The molecule has 0 aliphatic carbocycles. The van der Waals surface area contributed by atoms with Crippen LogP contribution in [0.5, 0.6) is 0 Å². The third-order valence-corrected chi connectivity index (χ3v) is 4.24. The number of carbonyl (C=O) groups is 1. The number of aromatic nitrogens is 1. The minimum atomic E-state index is -0.714. The summed E-state index contributed by atoms with van der Waals surface area (Å²) < 4.78 is 0. The summed E-state index contributed by atoms with van der Waals surface area (Å²) >= 11 is 0. The predicted octanol–water partition coefficient (Wildman–Crippen LogP) is 3.21. The summed E-state index contributed by atoms with van der Waals surface area (Å²) in [5.41, 5.74) is 4.17. The van der Waals surface area contributed by atoms with Crippen molar-refractivity contribution in [2.75, 3.05) is 13.1 Å². The number of nitrogens with zero attached hydrogens (tertiary/aromatic N) is 2. The first kappa shape index (κ1) is 18.1. The van der Waals surface area contributed by atoms with Crippen molar-refractivity contribution in [2.45, 2.75) is 39.7 Å². The molecule has 2 rings (SSSR count). The Balaban J connectivity index is 2.05. The Labute approximate surface area is 144 Å². The molecule has 1 atom stereocenters. The Morgan fingerprint density at radius 2 is 2.04 bits per heavy atom. The molecule has 0 unspecified atom stereocenters. The molecule has 0 saturated carbocycles. The lowest BCUT2D eigenvalue weighted by atomic mass is 10.0. The smallest absolute Gasteiger partial charge is 0.227 e. The third-order valence-electron chi connectivity index (χ3n) is 4.24. The van der Waals surface area contributed by atoms with Gasteiger partial charge in [-0.25, -0.2) is 0 Å². The number of pyridine rings is 1. The average molecular weight is 326 g/mol. The molecule has 4 nitrogen and oxygen atoms in total. The van der Waals surface area contributed by atoms with Crippen molar-refractivity contribution in [3.05, 3.63) is 65.0 Å². The third kappa shape index (κ3) is 4.90. The van der Waals surface area contributed by atoms with Crippen LogP contribution in [0.3, 0.4) is 0 Å². The highest BCUT2D eigenvalue weighted by Crippen LogP contribution is 2.15. The summed E-state index contributed by atoms with van der Waals surface area (Å²) in [4.78, 5) is 18.4. The molecule has 0 bridgehead atoms. The number of hydrogen-bond donors (Lipinski definition) is 1. The molecule has 0 aliphatic heterocycles. The molecule has 1 aromatic carbocycles. The first-order chi connectivity index (χ1) is 11.5. The van der Waals surface area contributed by atoms with Crippen molar-refractivity contribution in [1.82, 2.24) is 9.88 Å². The van der Waals surface area contributed by atoms with E-state index < -0.39 is 6.10 Å². The fourth-order valence-electron chi connectivity index (χ4n) is 2.67. The maximum atomic E-state index is 12.7. The van der Waals surface area contributed by atoms with Gasteiger partial charge in [0.25, 0.3) is 0 Å². The van der Waals surface area contributed by atoms with Gasteiger partial charge in [-0.1, -0.05) is 31.2 Å². The highest BCUT2D eigenvalue weighted by atomic mass is 16.3. The van der Waals surface area contributed by atoms with E-state index in [1.807, 2.05) is 25.1 Å². The van der Waals surface area contributed by atoms with Gasteiger partial charge in [0.2, 0.25) is 5.91 Å². The van der Waals surface area contributed by atoms with Gasteiger partial charge in [-0.2, -0.15) is 0 Å². The number of hydrogen-bond acceptors (Lipinski definition) is 3. The number of aliphatic hydroxyl groups is 1. The van der Waals surface area contributed by atoms with Crippen LogP contribution in [0.1, 0.15) is 41.7 Å². The molecule has 2 aromatic rings. The number of aryl methyl sites for hydroxylation is 2. The van der Waals surface area contributed by atoms with E-state index in [1.165, 1.54) is 11.1 Å². The van der Waals surface area contributed by atoms with Gasteiger partial charge < -0.3 is 10.0 Å². The summed E-state index contributed by atoms with van der Waals surface area (Å²) in [5.74, 6) is 0.0445. The Morgan fingerprint density at radius 1 is 1.25 bits per heavy atom. The Kier molecular flexibility index (Phi) is 6.50. The van der Waals surface area contributed by atoms with Gasteiger partial charge in [0.05, 0.1) is 19.1 Å². The first-order valence-corrected chi connectivity index (χ1v) is 8.43.